The maximum atomic E-state index is 12.9. The van der Waals surface area contributed by atoms with E-state index < -0.39 is 0 Å². The van der Waals surface area contributed by atoms with Crippen molar-refractivity contribution in [2.24, 2.45) is 5.92 Å². The molecule has 2 aliphatic rings. The van der Waals surface area contributed by atoms with Gasteiger partial charge in [0.25, 0.3) is 0 Å². The summed E-state index contributed by atoms with van der Waals surface area (Å²) in [5.41, 5.74) is 0.622. The number of carbonyl (C=O) groups is 3. The number of nitrogens with one attached hydrogen (secondary N) is 1. The molecule has 1 aliphatic heterocycles. The smallest absolute Gasteiger partial charge is 0.243 e. The van der Waals surface area contributed by atoms with E-state index in [0.29, 0.717) is 24.5 Å². The van der Waals surface area contributed by atoms with Gasteiger partial charge in [0.15, 0.2) is 0 Å². The quantitative estimate of drug-likeness (QED) is 0.778. The van der Waals surface area contributed by atoms with Gasteiger partial charge in [-0.2, -0.15) is 0 Å². The first kappa shape index (κ1) is 20.2. The van der Waals surface area contributed by atoms with Crippen LogP contribution >= 0.6 is 0 Å². The molecule has 1 saturated heterocycles. The molecule has 7 nitrogen and oxygen atoms in total. The van der Waals surface area contributed by atoms with Gasteiger partial charge >= 0.3 is 0 Å². The monoisotopic (exact) mass is 387 g/mol. The molecule has 152 valence electrons. The fourth-order valence-corrected chi connectivity index (χ4v) is 4.14. The molecule has 1 aromatic carbocycles. The molecule has 1 unspecified atom stereocenters. The zero-order chi connectivity index (χ0) is 20.1. The van der Waals surface area contributed by atoms with Crippen molar-refractivity contribution in [1.29, 1.82) is 0 Å². The second kappa shape index (κ2) is 9.08. The number of likely N-dealkylation sites (tertiary alicyclic amines) is 1. The van der Waals surface area contributed by atoms with E-state index in [-0.39, 0.29) is 42.6 Å². The minimum absolute atomic E-state index is 0.0271. The molecule has 1 saturated carbocycles. The number of hydrogen-bond donors (Lipinski definition) is 1. The first-order chi connectivity index (χ1) is 13.5. The number of hydrogen-bond acceptors (Lipinski definition) is 4. The number of likely N-dealkylation sites (N-methyl/N-ethyl adjacent to an activating group) is 1. The van der Waals surface area contributed by atoms with Gasteiger partial charge in [-0.15, -0.1) is 0 Å². The highest BCUT2D eigenvalue weighted by molar-refractivity contribution is 5.96. The number of methoxy groups -OCH3 is 1. The molecule has 0 aromatic heterocycles. The fraction of sp³-hybridized carbons (Fsp3) is 0.571. The Morgan fingerprint density at radius 2 is 2.04 bits per heavy atom. The number of amides is 3. The number of benzene rings is 1. The van der Waals surface area contributed by atoms with Crippen molar-refractivity contribution >= 4 is 23.4 Å². The van der Waals surface area contributed by atoms with Crippen LogP contribution in [0.15, 0.2) is 24.3 Å². The van der Waals surface area contributed by atoms with Gasteiger partial charge < -0.3 is 19.9 Å². The Bertz CT molecular complexity index is 730. The molecule has 3 rings (SSSR count). The van der Waals surface area contributed by atoms with Crippen molar-refractivity contribution in [3.05, 3.63) is 24.3 Å². The lowest BCUT2D eigenvalue weighted by atomic mass is 10.1. The normalized spacial score (nSPS) is 19.7. The van der Waals surface area contributed by atoms with Crippen LogP contribution in [0.25, 0.3) is 0 Å². The number of rotatable bonds is 7. The van der Waals surface area contributed by atoms with Crippen LogP contribution in [-0.4, -0.2) is 60.3 Å². The van der Waals surface area contributed by atoms with E-state index in [2.05, 4.69) is 5.32 Å². The van der Waals surface area contributed by atoms with E-state index in [1.165, 1.54) is 4.90 Å². The minimum Gasteiger partial charge on any atom is -0.497 e. The van der Waals surface area contributed by atoms with Crippen LogP contribution in [-0.2, 0) is 14.4 Å². The van der Waals surface area contributed by atoms with E-state index in [1.54, 1.807) is 31.4 Å². The van der Waals surface area contributed by atoms with Gasteiger partial charge in [-0.05, 0) is 31.9 Å². The van der Waals surface area contributed by atoms with Crippen molar-refractivity contribution in [3.8, 4) is 5.75 Å². The molecule has 1 N–H and O–H groups in total. The highest BCUT2D eigenvalue weighted by atomic mass is 16.5. The molecular formula is C21H29N3O4. The Hall–Kier alpha value is -2.57. The SMILES string of the molecule is CCN(CC(=O)Nc1cccc(OC)c1)C(=O)C1CC(=O)N(C2CCCC2)C1. The molecule has 1 heterocycles. The minimum atomic E-state index is -0.349. The summed E-state index contributed by atoms with van der Waals surface area (Å²) in [5, 5.41) is 2.80. The summed E-state index contributed by atoms with van der Waals surface area (Å²) in [5.74, 6) is -0.00457. The van der Waals surface area contributed by atoms with E-state index in [9.17, 15) is 14.4 Å². The van der Waals surface area contributed by atoms with Crippen LogP contribution in [0, 0.1) is 5.92 Å². The molecule has 7 heteroatoms. The Labute approximate surface area is 166 Å². The molecule has 2 fully saturated rings. The molecule has 1 aromatic rings. The molecule has 1 atom stereocenters. The average molecular weight is 387 g/mol. The third-order valence-corrected chi connectivity index (χ3v) is 5.65. The van der Waals surface area contributed by atoms with Gasteiger partial charge in [-0.1, -0.05) is 18.9 Å². The van der Waals surface area contributed by atoms with Crippen LogP contribution in [0.2, 0.25) is 0 Å². The lowest BCUT2D eigenvalue weighted by molar-refractivity contribution is -0.138. The maximum absolute atomic E-state index is 12.9. The van der Waals surface area contributed by atoms with Crippen molar-refractivity contribution in [1.82, 2.24) is 9.80 Å². The fourth-order valence-electron chi connectivity index (χ4n) is 4.14. The van der Waals surface area contributed by atoms with E-state index in [1.807, 2.05) is 11.8 Å². The molecule has 0 bridgehead atoms. The summed E-state index contributed by atoms with van der Waals surface area (Å²) in [6.45, 7) is 2.73. The van der Waals surface area contributed by atoms with E-state index in [4.69, 9.17) is 4.74 Å². The average Bonchev–Trinajstić information content (AvgIpc) is 3.35. The van der Waals surface area contributed by atoms with Crippen molar-refractivity contribution in [2.45, 2.75) is 45.1 Å². The molecule has 0 spiro atoms. The number of anilines is 1. The van der Waals surface area contributed by atoms with Gasteiger partial charge in [0, 0.05) is 37.3 Å². The lowest BCUT2D eigenvalue weighted by Crippen LogP contribution is -2.42. The first-order valence-corrected chi connectivity index (χ1v) is 10.0. The van der Waals surface area contributed by atoms with Crippen LogP contribution in [0.4, 0.5) is 5.69 Å². The zero-order valence-electron chi connectivity index (χ0n) is 16.6. The predicted octanol–water partition coefficient (Wildman–Crippen LogP) is 2.27. The highest BCUT2D eigenvalue weighted by Crippen LogP contribution is 2.30. The number of ether oxygens (including phenoxy) is 1. The van der Waals surface area contributed by atoms with Gasteiger partial charge in [-0.3, -0.25) is 14.4 Å². The van der Waals surface area contributed by atoms with Crippen molar-refractivity contribution < 1.29 is 19.1 Å². The summed E-state index contributed by atoms with van der Waals surface area (Å²) in [6, 6.07) is 7.37. The predicted molar refractivity (Wildman–Crippen MR) is 106 cm³/mol. The van der Waals surface area contributed by atoms with Gasteiger partial charge in [0.2, 0.25) is 17.7 Å². The van der Waals surface area contributed by atoms with Crippen LogP contribution in [0.1, 0.15) is 39.0 Å². The number of nitrogens with zero attached hydrogens (tertiary/aromatic N) is 2. The van der Waals surface area contributed by atoms with Gasteiger partial charge in [-0.25, -0.2) is 0 Å². The molecule has 1 aliphatic carbocycles. The Balaban J connectivity index is 1.57. The summed E-state index contributed by atoms with van der Waals surface area (Å²) in [6.07, 6.45) is 4.63. The summed E-state index contributed by atoms with van der Waals surface area (Å²) < 4.78 is 5.15. The van der Waals surface area contributed by atoms with Crippen molar-refractivity contribution in [3.63, 3.8) is 0 Å². The second-order valence-corrected chi connectivity index (χ2v) is 7.52. The van der Waals surface area contributed by atoms with E-state index in [0.717, 1.165) is 25.7 Å². The Kier molecular flexibility index (Phi) is 6.54. The third kappa shape index (κ3) is 4.64. The number of carbonyl (C=O) groups excluding carboxylic acids is 3. The summed E-state index contributed by atoms with van der Waals surface area (Å²) in [7, 11) is 1.57. The Morgan fingerprint density at radius 1 is 1.29 bits per heavy atom. The lowest BCUT2D eigenvalue weighted by Gasteiger charge is -2.26. The van der Waals surface area contributed by atoms with Crippen LogP contribution < -0.4 is 10.1 Å². The van der Waals surface area contributed by atoms with Gasteiger partial charge in [0.1, 0.15) is 5.75 Å². The van der Waals surface area contributed by atoms with Crippen molar-refractivity contribution in [2.75, 3.05) is 32.1 Å². The van der Waals surface area contributed by atoms with Crippen LogP contribution in [0.5, 0.6) is 5.75 Å². The summed E-state index contributed by atoms with van der Waals surface area (Å²) >= 11 is 0. The molecule has 0 radical (unpaired) electrons. The topological polar surface area (TPSA) is 79.0 Å². The summed E-state index contributed by atoms with van der Waals surface area (Å²) in [4.78, 5) is 41.1. The standard InChI is InChI=1S/C21H29N3O4/c1-3-23(14-19(25)22-16-7-6-10-18(12-16)28-2)21(27)15-11-20(26)24(13-15)17-8-4-5-9-17/h6-7,10,12,15,17H,3-5,8-9,11,13-14H2,1-2H3,(H,22,25). The van der Waals surface area contributed by atoms with Crippen LogP contribution in [0.3, 0.4) is 0 Å². The molecule has 3 amide bonds. The first-order valence-electron chi connectivity index (χ1n) is 10.0. The highest BCUT2D eigenvalue weighted by Gasteiger charge is 2.40. The molecule has 28 heavy (non-hydrogen) atoms. The third-order valence-electron chi connectivity index (χ3n) is 5.65. The largest absolute Gasteiger partial charge is 0.497 e. The molecular weight excluding hydrogens is 358 g/mol. The zero-order valence-corrected chi connectivity index (χ0v) is 16.6. The maximum Gasteiger partial charge on any atom is 0.243 e. The van der Waals surface area contributed by atoms with Gasteiger partial charge in [0.05, 0.1) is 19.6 Å². The Morgan fingerprint density at radius 3 is 2.71 bits per heavy atom. The second-order valence-electron chi connectivity index (χ2n) is 7.52. The van der Waals surface area contributed by atoms with E-state index >= 15 is 0 Å².